The number of rotatable bonds is 3. The van der Waals surface area contributed by atoms with Gasteiger partial charge in [-0.1, -0.05) is 6.07 Å². The molecule has 0 amide bonds. The zero-order chi connectivity index (χ0) is 13.8. The molecule has 3 nitrogen and oxygen atoms in total. The van der Waals surface area contributed by atoms with E-state index in [1.807, 2.05) is 20.0 Å². The maximum absolute atomic E-state index is 14.1. The third-order valence-corrected chi connectivity index (χ3v) is 3.69. The van der Waals surface area contributed by atoms with Crippen LogP contribution in [0.1, 0.15) is 31.9 Å². The van der Waals surface area contributed by atoms with Crippen molar-refractivity contribution in [3.05, 3.63) is 29.6 Å². The first-order chi connectivity index (χ1) is 9.13. The van der Waals surface area contributed by atoms with E-state index in [1.165, 1.54) is 6.07 Å². The van der Waals surface area contributed by atoms with Crippen molar-refractivity contribution < 1.29 is 9.13 Å². The number of hydrogen-bond acceptors (Lipinski definition) is 3. The van der Waals surface area contributed by atoms with Crippen molar-refractivity contribution >= 4 is 5.69 Å². The lowest BCUT2D eigenvalue weighted by Crippen LogP contribution is -2.32. The van der Waals surface area contributed by atoms with Gasteiger partial charge in [0.15, 0.2) is 0 Å². The highest BCUT2D eigenvalue weighted by Gasteiger charge is 2.21. The van der Waals surface area contributed by atoms with E-state index in [4.69, 9.17) is 4.74 Å². The molecular formula is C15H23FN2O. The fourth-order valence-electron chi connectivity index (χ4n) is 2.59. The molecule has 2 unspecified atom stereocenters. The molecule has 1 saturated heterocycles. The first-order valence-corrected chi connectivity index (χ1v) is 6.95. The second-order valence-electron chi connectivity index (χ2n) is 5.16. The van der Waals surface area contributed by atoms with E-state index >= 15 is 0 Å². The van der Waals surface area contributed by atoms with Crippen LogP contribution in [-0.2, 0) is 4.74 Å². The van der Waals surface area contributed by atoms with Crippen molar-refractivity contribution in [1.29, 1.82) is 0 Å². The lowest BCUT2D eigenvalue weighted by Gasteiger charge is -2.28. The standard InChI is InChI=1S/C15H23FN2O/c1-11-10-18(8-5-9-19-11)14-7-4-6-13(16)15(14)12(2)17-3/h4,6-7,11-12,17H,5,8-10H2,1-3H3. The van der Waals surface area contributed by atoms with Gasteiger partial charge < -0.3 is 15.0 Å². The lowest BCUT2D eigenvalue weighted by molar-refractivity contribution is 0.0820. The van der Waals surface area contributed by atoms with Gasteiger partial charge >= 0.3 is 0 Å². The molecule has 1 heterocycles. The monoisotopic (exact) mass is 266 g/mol. The molecule has 1 aliphatic heterocycles. The summed E-state index contributed by atoms with van der Waals surface area (Å²) in [5.74, 6) is -0.142. The number of nitrogens with one attached hydrogen (secondary N) is 1. The van der Waals surface area contributed by atoms with Gasteiger partial charge in [-0.25, -0.2) is 4.39 Å². The summed E-state index contributed by atoms with van der Waals surface area (Å²) in [6, 6.07) is 5.32. The Morgan fingerprint density at radius 3 is 3.00 bits per heavy atom. The summed E-state index contributed by atoms with van der Waals surface area (Å²) >= 11 is 0. The molecule has 1 N–H and O–H groups in total. The van der Waals surface area contributed by atoms with E-state index in [-0.39, 0.29) is 18.0 Å². The van der Waals surface area contributed by atoms with Crippen LogP contribution in [0.2, 0.25) is 0 Å². The van der Waals surface area contributed by atoms with Crippen LogP contribution in [0.4, 0.5) is 10.1 Å². The van der Waals surface area contributed by atoms with E-state index in [2.05, 4.69) is 17.1 Å². The molecule has 19 heavy (non-hydrogen) atoms. The van der Waals surface area contributed by atoms with Crippen LogP contribution >= 0.6 is 0 Å². The number of halogens is 1. The molecule has 4 heteroatoms. The van der Waals surface area contributed by atoms with Gasteiger partial charge in [-0.15, -0.1) is 0 Å². The van der Waals surface area contributed by atoms with E-state index in [0.29, 0.717) is 0 Å². The first kappa shape index (κ1) is 14.3. The minimum Gasteiger partial charge on any atom is -0.377 e. The molecule has 0 aliphatic carbocycles. The van der Waals surface area contributed by atoms with Gasteiger partial charge in [0.25, 0.3) is 0 Å². The quantitative estimate of drug-likeness (QED) is 0.910. The van der Waals surface area contributed by atoms with Crippen molar-refractivity contribution in [3.63, 3.8) is 0 Å². The summed E-state index contributed by atoms with van der Waals surface area (Å²) < 4.78 is 19.8. The smallest absolute Gasteiger partial charge is 0.130 e. The Morgan fingerprint density at radius 1 is 1.47 bits per heavy atom. The number of anilines is 1. The van der Waals surface area contributed by atoms with Crippen molar-refractivity contribution in [1.82, 2.24) is 5.32 Å². The van der Waals surface area contributed by atoms with Crippen LogP contribution in [0.15, 0.2) is 18.2 Å². The molecule has 0 radical (unpaired) electrons. The molecule has 0 aromatic heterocycles. The number of benzene rings is 1. The molecule has 2 rings (SSSR count). The maximum atomic E-state index is 14.1. The Labute approximate surface area is 114 Å². The van der Waals surface area contributed by atoms with Crippen molar-refractivity contribution in [2.75, 3.05) is 31.6 Å². The SMILES string of the molecule is CNC(C)c1c(F)cccc1N1CCCOC(C)C1. The van der Waals surface area contributed by atoms with Crippen molar-refractivity contribution in [3.8, 4) is 0 Å². The van der Waals surface area contributed by atoms with Gasteiger partial charge in [-0.2, -0.15) is 0 Å². The number of hydrogen-bond donors (Lipinski definition) is 1. The normalized spacial score (nSPS) is 22.1. The molecule has 1 fully saturated rings. The second kappa shape index (κ2) is 6.35. The fraction of sp³-hybridized carbons (Fsp3) is 0.600. The predicted octanol–water partition coefficient (Wildman–Crippen LogP) is 2.72. The minimum atomic E-state index is -0.142. The van der Waals surface area contributed by atoms with Crippen LogP contribution in [0.3, 0.4) is 0 Å². The van der Waals surface area contributed by atoms with Crippen LogP contribution in [0.25, 0.3) is 0 Å². The molecule has 2 atom stereocenters. The Kier molecular flexibility index (Phi) is 4.77. The molecule has 1 aromatic rings. The number of nitrogens with zero attached hydrogens (tertiary/aromatic N) is 1. The summed E-state index contributed by atoms with van der Waals surface area (Å²) in [5.41, 5.74) is 1.73. The van der Waals surface area contributed by atoms with Gasteiger partial charge in [0.2, 0.25) is 0 Å². The fourth-order valence-corrected chi connectivity index (χ4v) is 2.59. The van der Waals surface area contributed by atoms with Crippen molar-refractivity contribution in [2.24, 2.45) is 0 Å². The van der Waals surface area contributed by atoms with Crippen LogP contribution in [-0.4, -0.2) is 32.8 Å². The van der Waals surface area contributed by atoms with Gasteiger partial charge in [0.1, 0.15) is 5.82 Å². The summed E-state index contributed by atoms with van der Waals surface area (Å²) in [6.45, 7) is 6.56. The van der Waals surface area contributed by atoms with Gasteiger partial charge in [0.05, 0.1) is 6.10 Å². The Hall–Kier alpha value is -1.13. The van der Waals surface area contributed by atoms with Gasteiger partial charge in [0, 0.05) is 37.0 Å². The Balaban J connectivity index is 2.34. The zero-order valence-corrected chi connectivity index (χ0v) is 11.9. The van der Waals surface area contributed by atoms with Gasteiger partial charge in [-0.3, -0.25) is 0 Å². The van der Waals surface area contributed by atoms with Crippen molar-refractivity contribution in [2.45, 2.75) is 32.4 Å². The predicted molar refractivity (Wildman–Crippen MR) is 76.1 cm³/mol. The molecular weight excluding hydrogens is 243 g/mol. The molecule has 0 spiro atoms. The van der Waals surface area contributed by atoms with Crippen LogP contribution in [0.5, 0.6) is 0 Å². The highest BCUT2D eigenvalue weighted by Crippen LogP contribution is 2.30. The number of ether oxygens (including phenoxy) is 1. The summed E-state index contributed by atoms with van der Waals surface area (Å²) in [5, 5.41) is 3.13. The van der Waals surface area contributed by atoms with E-state index in [0.717, 1.165) is 37.4 Å². The summed E-state index contributed by atoms with van der Waals surface area (Å²) in [4.78, 5) is 2.24. The molecule has 1 aromatic carbocycles. The average molecular weight is 266 g/mol. The molecule has 1 aliphatic rings. The molecule has 106 valence electrons. The maximum Gasteiger partial charge on any atom is 0.130 e. The average Bonchev–Trinajstić information content (AvgIpc) is 2.62. The van der Waals surface area contributed by atoms with E-state index in [1.54, 1.807) is 6.07 Å². The Morgan fingerprint density at radius 2 is 2.26 bits per heavy atom. The highest BCUT2D eigenvalue weighted by molar-refractivity contribution is 5.55. The lowest BCUT2D eigenvalue weighted by atomic mass is 10.0. The van der Waals surface area contributed by atoms with E-state index in [9.17, 15) is 4.39 Å². The third kappa shape index (κ3) is 3.25. The topological polar surface area (TPSA) is 24.5 Å². The van der Waals surface area contributed by atoms with Gasteiger partial charge in [-0.05, 0) is 39.4 Å². The second-order valence-corrected chi connectivity index (χ2v) is 5.16. The van der Waals surface area contributed by atoms with Crippen LogP contribution < -0.4 is 10.2 Å². The zero-order valence-electron chi connectivity index (χ0n) is 11.9. The Bertz CT molecular complexity index is 425. The highest BCUT2D eigenvalue weighted by atomic mass is 19.1. The third-order valence-electron chi connectivity index (χ3n) is 3.69. The molecule has 0 bridgehead atoms. The molecule has 0 saturated carbocycles. The largest absolute Gasteiger partial charge is 0.377 e. The minimum absolute atomic E-state index is 0.00400. The first-order valence-electron chi connectivity index (χ1n) is 6.95. The van der Waals surface area contributed by atoms with E-state index < -0.39 is 0 Å². The summed E-state index contributed by atoms with van der Waals surface area (Å²) in [7, 11) is 1.86. The van der Waals surface area contributed by atoms with Crippen LogP contribution in [0, 0.1) is 5.82 Å². The summed E-state index contributed by atoms with van der Waals surface area (Å²) in [6.07, 6.45) is 1.16.